The lowest BCUT2D eigenvalue weighted by atomic mass is 9.71. The number of amides is 1. The van der Waals surface area contributed by atoms with Gasteiger partial charge in [-0.15, -0.1) is 0 Å². The van der Waals surface area contributed by atoms with Crippen LogP contribution in [0, 0.1) is 17.7 Å². The highest BCUT2D eigenvalue weighted by Crippen LogP contribution is 2.60. The van der Waals surface area contributed by atoms with Crippen molar-refractivity contribution in [2.45, 2.75) is 80.1 Å². The SMILES string of the molecule is CC(NC(=O)[C@@H](C)O)[C@@H]1CC[C@@]2(S(=O)(=O)c3ccc(F)cc3)c3ccc(C(C)(F)C(F)(F)F)cc3CC[C@@H]12. The number of aliphatic hydroxyl groups excluding tert-OH is 1. The summed E-state index contributed by atoms with van der Waals surface area (Å²) in [7, 11) is -4.22. The van der Waals surface area contributed by atoms with Gasteiger partial charge in [-0.2, -0.15) is 13.2 Å². The van der Waals surface area contributed by atoms with Crippen molar-refractivity contribution in [3.8, 4) is 0 Å². The van der Waals surface area contributed by atoms with Gasteiger partial charge in [0.05, 0.1) is 4.90 Å². The molecule has 2 aliphatic rings. The average molecular weight is 560 g/mol. The van der Waals surface area contributed by atoms with Gasteiger partial charge in [-0.1, -0.05) is 18.2 Å². The highest BCUT2D eigenvalue weighted by Gasteiger charge is 2.61. The number of rotatable bonds is 6. The second-order valence-electron chi connectivity index (χ2n) is 10.5. The predicted octanol–water partition coefficient (Wildman–Crippen LogP) is 5.10. The van der Waals surface area contributed by atoms with E-state index < -0.39 is 61.8 Å². The first kappa shape index (κ1) is 28.5. The molecule has 6 atom stereocenters. The van der Waals surface area contributed by atoms with Crippen molar-refractivity contribution in [2.24, 2.45) is 11.8 Å². The van der Waals surface area contributed by atoms with Gasteiger partial charge in [0.1, 0.15) is 16.7 Å². The van der Waals surface area contributed by atoms with Crippen LogP contribution in [0.5, 0.6) is 0 Å². The molecule has 208 valence electrons. The molecule has 2 unspecified atom stereocenters. The Kier molecular flexibility index (Phi) is 7.18. The molecule has 2 N–H and O–H groups in total. The lowest BCUT2D eigenvalue weighted by molar-refractivity contribution is -0.228. The molecule has 2 aliphatic carbocycles. The first-order valence-corrected chi connectivity index (χ1v) is 13.9. The molecule has 1 saturated carbocycles. The average Bonchev–Trinajstić information content (AvgIpc) is 3.25. The van der Waals surface area contributed by atoms with Crippen LogP contribution < -0.4 is 5.32 Å². The number of aryl methyl sites for hydroxylation is 1. The summed E-state index contributed by atoms with van der Waals surface area (Å²) in [5.74, 6) is -2.10. The lowest BCUT2D eigenvalue weighted by Gasteiger charge is -2.43. The Morgan fingerprint density at radius 2 is 1.71 bits per heavy atom. The molecule has 1 fully saturated rings. The van der Waals surface area contributed by atoms with Crippen LogP contribution in [0.25, 0.3) is 0 Å². The van der Waals surface area contributed by atoms with Crippen molar-refractivity contribution in [1.82, 2.24) is 5.32 Å². The lowest BCUT2D eigenvalue weighted by Crippen LogP contribution is -2.49. The number of hydrogen-bond acceptors (Lipinski definition) is 4. The van der Waals surface area contributed by atoms with Gasteiger partial charge in [0.25, 0.3) is 0 Å². The van der Waals surface area contributed by atoms with Gasteiger partial charge < -0.3 is 10.4 Å². The minimum atomic E-state index is -5.16. The summed E-state index contributed by atoms with van der Waals surface area (Å²) in [6.07, 6.45) is -5.46. The zero-order valence-corrected chi connectivity index (χ0v) is 22.0. The number of hydrogen-bond donors (Lipinski definition) is 2. The summed E-state index contributed by atoms with van der Waals surface area (Å²) in [6.45, 7) is 3.47. The van der Waals surface area contributed by atoms with E-state index in [4.69, 9.17) is 0 Å². The number of carbonyl (C=O) groups is 1. The summed E-state index contributed by atoms with van der Waals surface area (Å²) < 4.78 is 95.8. The number of sulfone groups is 1. The van der Waals surface area contributed by atoms with Gasteiger partial charge in [0.15, 0.2) is 9.84 Å². The van der Waals surface area contributed by atoms with Crippen molar-refractivity contribution >= 4 is 15.7 Å². The first-order valence-electron chi connectivity index (χ1n) is 12.4. The minimum Gasteiger partial charge on any atom is -0.384 e. The van der Waals surface area contributed by atoms with Gasteiger partial charge in [0, 0.05) is 6.04 Å². The van der Waals surface area contributed by atoms with Crippen molar-refractivity contribution in [3.63, 3.8) is 0 Å². The van der Waals surface area contributed by atoms with Crippen LogP contribution in [0.4, 0.5) is 22.0 Å². The summed E-state index contributed by atoms with van der Waals surface area (Å²) in [4.78, 5) is 12.0. The predicted molar refractivity (Wildman–Crippen MR) is 130 cm³/mol. The van der Waals surface area contributed by atoms with E-state index in [1.807, 2.05) is 0 Å². The van der Waals surface area contributed by atoms with E-state index in [0.29, 0.717) is 24.5 Å². The van der Waals surface area contributed by atoms with E-state index in [-0.39, 0.29) is 30.1 Å². The van der Waals surface area contributed by atoms with Gasteiger partial charge >= 0.3 is 6.18 Å². The maximum Gasteiger partial charge on any atom is 0.426 e. The molecule has 0 saturated heterocycles. The van der Waals surface area contributed by atoms with E-state index in [1.54, 1.807) is 6.92 Å². The van der Waals surface area contributed by atoms with Gasteiger partial charge in [0.2, 0.25) is 11.6 Å². The molecule has 38 heavy (non-hydrogen) atoms. The number of carbonyl (C=O) groups excluding carboxylic acids is 1. The maximum absolute atomic E-state index is 14.8. The van der Waals surface area contributed by atoms with Crippen molar-refractivity contribution in [3.05, 3.63) is 65.0 Å². The topological polar surface area (TPSA) is 83.5 Å². The summed E-state index contributed by atoms with van der Waals surface area (Å²) in [5, 5.41) is 12.4. The minimum absolute atomic E-state index is 0.107. The van der Waals surface area contributed by atoms with Gasteiger partial charge in [-0.25, -0.2) is 17.2 Å². The van der Waals surface area contributed by atoms with Crippen LogP contribution in [-0.4, -0.2) is 37.8 Å². The Balaban J connectivity index is 1.87. The molecular weight excluding hydrogens is 529 g/mol. The Hall–Kier alpha value is -2.53. The molecule has 0 bridgehead atoms. The molecule has 0 heterocycles. The van der Waals surface area contributed by atoms with Crippen LogP contribution in [0.3, 0.4) is 0 Å². The van der Waals surface area contributed by atoms with E-state index in [1.165, 1.54) is 13.0 Å². The molecule has 5 nitrogen and oxygen atoms in total. The summed E-state index contributed by atoms with van der Waals surface area (Å²) in [6, 6.07) is 7.24. The fraction of sp³-hybridized carbons (Fsp3) is 0.519. The highest BCUT2D eigenvalue weighted by atomic mass is 32.2. The van der Waals surface area contributed by atoms with Crippen LogP contribution >= 0.6 is 0 Å². The Bertz CT molecular complexity index is 1320. The first-order chi connectivity index (χ1) is 17.5. The normalized spacial score (nSPS) is 26.6. The number of aliphatic hydroxyl groups is 1. The third-order valence-electron chi connectivity index (χ3n) is 8.32. The number of alkyl halides is 4. The van der Waals surface area contributed by atoms with Crippen LogP contribution in [0.2, 0.25) is 0 Å². The monoisotopic (exact) mass is 559 g/mol. The van der Waals surface area contributed by atoms with Gasteiger partial charge in [-0.3, -0.25) is 4.79 Å². The van der Waals surface area contributed by atoms with E-state index in [9.17, 15) is 40.3 Å². The zero-order valence-electron chi connectivity index (χ0n) is 21.1. The Morgan fingerprint density at radius 1 is 1.08 bits per heavy atom. The Labute approximate surface area is 218 Å². The van der Waals surface area contributed by atoms with E-state index in [2.05, 4.69) is 5.32 Å². The molecule has 2 aromatic rings. The molecule has 0 aliphatic heterocycles. The number of benzene rings is 2. The second kappa shape index (κ2) is 9.59. The standard InChI is InChI=1S/C27H30F5NO4S/c1-15(33-24(35)16(2)34)21-12-13-26(38(36,37)20-8-6-19(28)7-9-20)22-11-5-18(25(3,29)27(30,31)32)14-17(22)4-10-23(21)26/h5-9,11,14-16,21,23,34H,4,10,12-13H2,1-3H3,(H,33,35)/t15?,16-,21+,23+,25?,26-/m1/s1. The summed E-state index contributed by atoms with van der Waals surface area (Å²) in [5.41, 5.74) is -3.61. The third-order valence-corrected chi connectivity index (χ3v) is 10.9. The van der Waals surface area contributed by atoms with E-state index in [0.717, 1.165) is 36.4 Å². The largest absolute Gasteiger partial charge is 0.426 e. The Morgan fingerprint density at radius 3 is 2.29 bits per heavy atom. The van der Waals surface area contributed by atoms with Crippen LogP contribution in [0.15, 0.2) is 47.4 Å². The zero-order chi connectivity index (χ0) is 28.3. The fourth-order valence-electron chi connectivity index (χ4n) is 6.23. The molecular formula is C27H30F5NO4S. The fourth-order valence-corrected chi connectivity index (χ4v) is 8.71. The number of fused-ring (bicyclic) bond motifs is 3. The summed E-state index contributed by atoms with van der Waals surface area (Å²) >= 11 is 0. The van der Waals surface area contributed by atoms with E-state index >= 15 is 0 Å². The molecule has 1 amide bonds. The van der Waals surface area contributed by atoms with Crippen molar-refractivity contribution in [2.75, 3.05) is 0 Å². The quantitative estimate of drug-likeness (QED) is 0.381. The van der Waals surface area contributed by atoms with Gasteiger partial charge in [-0.05, 0) is 99.2 Å². The molecule has 11 heteroatoms. The number of halogens is 5. The third kappa shape index (κ3) is 4.41. The smallest absolute Gasteiger partial charge is 0.384 e. The second-order valence-corrected chi connectivity index (χ2v) is 12.7. The molecule has 0 aromatic heterocycles. The van der Waals surface area contributed by atoms with Crippen molar-refractivity contribution < 1.29 is 40.3 Å². The van der Waals surface area contributed by atoms with Crippen molar-refractivity contribution in [1.29, 1.82) is 0 Å². The molecule has 0 radical (unpaired) electrons. The molecule has 2 aromatic carbocycles. The van der Waals surface area contributed by atoms with Crippen LogP contribution in [-0.2, 0) is 31.5 Å². The van der Waals surface area contributed by atoms with Crippen LogP contribution in [0.1, 0.15) is 56.7 Å². The molecule has 4 rings (SSSR count). The molecule has 0 spiro atoms. The number of nitrogens with one attached hydrogen (secondary N) is 1. The highest BCUT2D eigenvalue weighted by molar-refractivity contribution is 7.92. The maximum atomic E-state index is 14.8.